The minimum atomic E-state index is -0.427. The number of carbonyl (C=O) groups is 1. The summed E-state index contributed by atoms with van der Waals surface area (Å²) >= 11 is 0. The molecule has 2 rings (SSSR count). The molecule has 1 saturated carbocycles. The number of carbonyl (C=O) groups excluding carboxylic acids is 1. The van der Waals surface area contributed by atoms with Gasteiger partial charge in [0.05, 0.1) is 6.54 Å². The van der Waals surface area contributed by atoms with E-state index in [0.717, 1.165) is 11.6 Å². The Labute approximate surface area is 113 Å². The van der Waals surface area contributed by atoms with Crippen molar-refractivity contribution in [3.05, 3.63) is 11.6 Å². The molecule has 0 aromatic carbocycles. The molecule has 6 nitrogen and oxygen atoms in total. The Morgan fingerprint density at radius 2 is 2.26 bits per heavy atom. The summed E-state index contributed by atoms with van der Waals surface area (Å²) in [6.07, 6.45) is 3.24. The first-order valence-electron chi connectivity index (χ1n) is 6.91. The molecular formula is C13H22N4O2. The van der Waals surface area contributed by atoms with E-state index in [-0.39, 0.29) is 5.91 Å². The Bertz CT molecular complexity index is 440. The highest BCUT2D eigenvalue weighted by atomic mass is 16.5. The molecule has 1 N–H and O–H groups in total. The quantitative estimate of drug-likeness (QED) is 0.838. The van der Waals surface area contributed by atoms with Crippen molar-refractivity contribution >= 4 is 5.91 Å². The van der Waals surface area contributed by atoms with Gasteiger partial charge in [-0.3, -0.25) is 4.79 Å². The lowest BCUT2D eigenvalue weighted by Gasteiger charge is -2.24. The monoisotopic (exact) mass is 266 g/mol. The van der Waals surface area contributed by atoms with Crippen molar-refractivity contribution < 1.29 is 9.53 Å². The first-order chi connectivity index (χ1) is 9.13. The zero-order chi connectivity index (χ0) is 13.8. The van der Waals surface area contributed by atoms with Gasteiger partial charge >= 0.3 is 0 Å². The summed E-state index contributed by atoms with van der Waals surface area (Å²) in [6, 6.07) is 0. The van der Waals surface area contributed by atoms with E-state index in [4.69, 9.17) is 4.74 Å². The lowest BCUT2D eigenvalue weighted by molar-refractivity contribution is -0.131. The van der Waals surface area contributed by atoms with Crippen LogP contribution in [0.1, 0.15) is 50.7 Å². The van der Waals surface area contributed by atoms with Crippen molar-refractivity contribution in [2.75, 3.05) is 6.61 Å². The molecule has 0 saturated heterocycles. The second-order valence-electron chi connectivity index (χ2n) is 4.98. The lowest BCUT2D eigenvalue weighted by atomic mass is 9.85. The highest BCUT2D eigenvalue weighted by molar-refractivity contribution is 5.80. The average molecular weight is 266 g/mol. The van der Waals surface area contributed by atoms with E-state index in [1.807, 2.05) is 18.5 Å². The van der Waals surface area contributed by atoms with E-state index in [9.17, 15) is 4.79 Å². The van der Waals surface area contributed by atoms with Crippen molar-refractivity contribution in [2.24, 2.45) is 7.05 Å². The van der Waals surface area contributed by atoms with E-state index < -0.39 is 6.10 Å². The van der Waals surface area contributed by atoms with E-state index in [2.05, 4.69) is 15.5 Å². The van der Waals surface area contributed by atoms with Gasteiger partial charge in [-0.25, -0.2) is 0 Å². The van der Waals surface area contributed by atoms with Crippen LogP contribution >= 0.6 is 0 Å². The Morgan fingerprint density at radius 3 is 2.84 bits per heavy atom. The van der Waals surface area contributed by atoms with Crippen LogP contribution in [0.2, 0.25) is 0 Å². The molecule has 1 aromatic heterocycles. The molecule has 1 aromatic rings. The second kappa shape index (κ2) is 6.14. The number of hydrogen-bond acceptors (Lipinski definition) is 4. The molecular weight excluding hydrogens is 244 g/mol. The van der Waals surface area contributed by atoms with Gasteiger partial charge in [-0.1, -0.05) is 6.42 Å². The maximum absolute atomic E-state index is 11.7. The Balaban J connectivity index is 1.89. The molecule has 1 aliphatic rings. The van der Waals surface area contributed by atoms with Crippen molar-refractivity contribution in [1.29, 1.82) is 0 Å². The van der Waals surface area contributed by atoms with Gasteiger partial charge in [-0.15, -0.1) is 10.2 Å². The number of amides is 1. The Morgan fingerprint density at radius 1 is 1.53 bits per heavy atom. The van der Waals surface area contributed by atoms with Crippen LogP contribution in [0.15, 0.2) is 0 Å². The van der Waals surface area contributed by atoms with Crippen molar-refractivity contribution in [2.45, 2.75) is 51.7 Å². The van der Waals surface area contributed by atoms with Gasteiger partial charge in [0, 0.05) is 19.6 Å². The van der Waals surface area contributed by atoms with E-state index in [1.165, 1.54) is 19.3 Å². The average Bonchev–Trinajstić information content (AvgIpc) is 2.67. The van der Waals surface area contributed by atoms with Crippen LogP contribution < -0.4 is 5.32 Å². The number of aromatic nitrogens is 3. The van der Waals surface area contributed by atoms with Crippen LogP contribution in [0.5, 0.6) is 0 Å². The van der Waals surface area contributed by atoms with Gasteiger partial charge in [0.1, 0.15) is 11.9 Å². The summed E-state index contributed by atoms with van der Waals surface area (Å²) in [5, 5.41) is 11.2. The third-order valence-corrected chi connectivity index (χ3v) is 3.68. The maximum atomic E-state index is 11.7. The summed E-state index contributed by atoms with van der Waals surface area (Å²) < 4.78 is 7.23. The summed E-state index contributed by atoms with van der Waals surface area (Å²) in [5.41, 5.74) is 0. The molecule has 0 aliphatic heterocycles. The summed E-state index contributed by atoms with van der Waals surface area (Å²) in [5.74, 6) is 2.26. The van der Waals surface area contributed by atoms with Gasteiger partial charge in [0.2, 0.25) is 5.91 Å². The predicted octanol–water partition coefficient (Wildman–Crippen LogP) is 1.12. The number of ether oxygens (including phenoxy) is 1. The molecule has 0 unspecified atom stereocenters. The van der Waals surface area contributed by atoms with Gasteiger partial charge in [-0.05, 0) is 26.7 Å². The zero-order valence-electron chi connectivity index (χ0n) is 11.8. The molecule has 1 atom stereocenters. The molecule has 0 radical (unpaired) electrons. The van der Waals surface area contributed by atoms with Crippen LogP contribution in [0.4, 0.5) is 0 Å². The van der Waals surface area contributed by atoms with Crippen LogP contribution in [-0.2, 0) is 23.1 Å². The maximum Gasteiger partial charge on any atom is 0.249 e. The number of nitrogens with one attached hydrogen (secondary N) is 1. The summed E-state index contributed by atoms with van der Waals surface area (Å²) in [4.78, 5) is 11.7. The first kappa shape index (κ1) is 14.0. The van der Waals surface area contributed by atoms with E-state index >= 15 is 0 Å². The van der Waals surface area contributed by atoms with Crippen molar-refractivity contribution in [3.8, 4) is 0 Å². The SMILES string of the molecule is CCO[C@@H](C)C(=O)NCc1nnc(C2CCC2)n1C. The molecule has 0 bridgehead atoms. The Hall–Kier alpha value is -1.43. The fraction of sp³-hybridized carbons (Fsp3) is 0.769. The van der Waals surface area contributed by atoms with Crippen molar-refractivity contribution in [3.63, 3.8) is 0 Å². The number of rotatable bonds is 6. The summed E-state index contributed by atoms with van der Waals surface area (Å²) in [6.45, 7) is 4.55. The second-order valence-corrected chi connectivity index (χ2v) is 4.98. The zero-order valence-corrected chi connectivity index (χ0v) is 11.8. The molecule has 19 heavy (non-hydrogen) atoms. The minimum absolute atomic E-state index is 0.116. The number of nitrogens with zero attached hydrogens (tertiary/aromatic N) is 3. The van der Waals surface area contributed by atoms with E-state index in [1.54, 1.807) is 6.92 Å². The van der Waals surface area contributed by atoms with Crippen LogP contribution in [-0.4, -0.2) is 33.4 Å². The molecule has 1 aliphatic carbocycles. The largest absolute Gasteiger partial charge is 0.369 e. The summed E-state index contributed by atoms with van der Waals surface area (Å²) in [7, 11) is 1.96. The molecule has 1 heterocycles. The minimum Gasteiger partial charge on any atom is -0.369 e. The third-order valence-electron chi connectivity index (χ3n) is 3.68. The highest BCUT2D eigenvalue weighted by Gasteiger charge is 2.25. The van der Waals surface area contributed by atoms with Gasteiger partial charge in [0.25, 0.3) is 0 Å². The highest BCUT2D eigenvalue weighted by Crippen LogP contribution is 2.34. The standard InChI is InChI=1S/C13H22N4O2/c1-4-19-9(2)13(18)14-8-11-15-16-12(17(11)3)10-6-5-7-10/h9-10H,4-8H2,1-3H3,(H,14,18)/t9-/m0/s1. The first-order valence-corrected chi connectivity index (χ1v) is 6.91. The van der Waals surface area contributed by atoms with Gasteiger partial charge < -0.3 is 14.6 Å². The van der Waals surface area contributed by atoms with Crippen LogP contribution in [0.3, 0.4) is 0 Å². The third kappa shape index (κ3) is 3.12. The normalized spacial score (nSPS) is 17.0. The topological polar surface area (TPSA) is 69.0 Å². The van der Waals surface area contributed by atoms with E-state index in [0.29, 0.717) is 19.1 Å². The van der Waals surface area contributed by atoms with Gasteiger partial charge in [0.15, 0.2) is 5.82 Å². The Kier molecular flexibility index (Phi) is 4.52. The molecule has 6 heteroatoms. The van der Waals surface area contributed by atoms with Crippen molar-refractivity contribution in [1.82, 2.24) is 20.1 Å². The fourth-order valence-corrected chi connectivity index (χ4v) is 2.19. The lowest BCUT2D eigenvalue weighted by Crippen LogP contribution is -2.34. The van der Waals surface area contributed by atoms with Crippen LogP contribution in [0, 0.1) is 0 Å². The van der Waals surface area contributed by atoms with Gasteiger partial charge in [-0.2, -0.15) is 0 Å². The molecule has 0 spiro atoms. The molecule has 106 valence electrons. The van der Waals surface area contributed by atoms with Crippen LogP contribution in [0.25, 0.3) is 0 Å². The molecule has 1 amide bonds. The smallest absolute Gasteiger partial charge is 0.249 e. The number of hydrogen-bond donors (Lipinski definition) is 1. The molecule has 1 fully saturated rings. The fourth-order valence-electron chi connectivity index (χ4n) is 2.19. The predicted molar refractivity (Wildman–Crippen MR) is 70.5 cm³/mol.